The molecule has 0 aliphatic rings. The number of benzene rings is 1. The lowest BCUT2D eigenvalue weighted by molar-refractivity contribution is 0.0697. The van der Waals surface area contributed by atoms with E-state index in [1.165, 1.54) is 24.4 Å². The van der Waals surface area contributed by atoms with Gasteiger partial charge in [0, 0.05) is 16.8 Å². The van der Waals surface area contributed by atoms with Gasteiger partial charge < -0.3 is 5.11 Å². The van der Waals surface area contributed by atoms with Gasteiger partial charge in [-0.1, -0.05) is 34.8 Å². The largest absolute Gasteiger partial charge is 0.478 e. The first-order chi connectivity index (χ1) is 8.49. The van der Waals surface area contributed by atoms with Crippen molar-refractivity contribution in [3.63, 3.8) is 0 Å². The van der Waals surface area contributed by atoms with Gasteiger partial charge in [-0.3, -0.25) is 4.98 Å². The number of carboxylic acids is 1. The SMILES string of the molecule is O=C(O)c1ccnc(-c2cc(Cl)cc(Cl)c2Cl)c1. The van der Waals surface area contributed by atoms with Crippen molar-refractivity contribution < 1.29 is 9.90 Å². The predicted octanol–water partition coefficient (Wildman–Crippen LogP) is 4.41. The van der Waals surface area contributed by atoms with Gasteiger partial charge in [-0.15, -0.1) is 0 Å². The molecule has 1 aromatic carbocycles. The van der Waals surface area contributed by atoms with Crippen molar-refractivity contribution in [2.24, 2.45) is 0 Å². The Morgan fingerprint density at radius 1 is 1.17 bits per heavy atom. The number of carboxylic acid groups (broad SMARTS) is 1. The zero-order valence-corrected chi connectivity index (χ0v) is 11.1. The van der Waals surface area contributed by atoms with E-state index in [1.54, 1.807) is 6.07 Å². The number of pyridine rings is 1. The molecule has 1 aromatic heterocycles. The average molecular weight is 303 g/mol. The minimum absolute atomic E-state index is 0.118. The van der Waals surface area contributed by atoms with Crippen LogP contribution in [-0.2, 0) is 0 Å². The number of hydrogen-bond donors (Lipinski definition) is 1. The highest BCUT2D eigenvalue weighted by Crippen LogP contribution is 2.35. The summed E-state index contributed by atoms with van der Waals surface area (Å²) in [5.41, 5.74) is 1.02. The molecule has 0 saturated carbocycles. The smallest absolute Gasteiger partial charge is 0.335 e. The van der Waals surface area contributed by atoms with Gasteiger partial charge in [0.05, 0.1) is 21.3 Å². The molecular weight excluding hydrogens is 296 g/mol. The number of nitrogens with zero attached hydrogens (tertiary/aromatic N) is 1. The van der Waals surface area contributed by atoms with Crippen LogP contribution in [-0.4, -0.2) is 16.1 Å². The van der Waals surface area contributed by atoms with Gasteiger partial charge in [0.15, 0.2) is 0 Å². The topological polar surface area (TPSA) is 50.2 Å². The lowest BCUT2D eigenvalue weighted by Gasteiger charge is -2.07. The molecule has 92 valence electrons. The summed E-state index contributed by atoms with van der Waals surface area (Å²) in [6.07, 6.45) is 1.39. The summed E-state index contributed by atoms with van der Waals surface area (Å²) in [4.78, 5) is 15.0. The summed E-state index contributed by atoms with van der Waals surface area (Å²) >= 11 is 17.9. The monoisotopic (exact) mass is 301 g/mol. The third-order valence-corrected chi connectivity index (χ3v) is 3.30. The second-order valence-electron chi connectivity index (χ2n) is 3.48. The number of hydrogen-bond acceptors (Lipinski definition) is 2. The Kier molecular flexibility index (Phi) is 3.76. The van der Waals surface area contributed by atoms with Crippen molar-refractivity contribution in [1.82, 2.24) is 4.98 Å². The molecule has 0 aliphatic heterocycles. The van der Waals surface area contributed by atoms with E-state index in [4.69, 9.17) is 39.9 Å². The minimum Gasteiger partial charge on any atom is -0.478 e. The van der Waals surface area contributed by atoms with Crippen LogP contribution in [0.3, 0.4) is 0 Å². The fraction of sp³-hybridized carbons (Fsp3) is 0. The lowest BCUT2D eigenvalue weighted by atomic mass is 10.1. The van der Waals surface area contributed by atoms with E-state index in [9.17, 15) is 4.79 Å². The molecule has 3 nitrogen and oxygen atoms in total. The van der Waals surface area contributed by atoms with E-state index in [0.717, 1.165) is 0 Å². The molecule has 0 saturated heterocycles. The van der Waals surface area contributed by atoms with Gasteiger partial charge >= 0.3 is 5.97 Å². The zero-order valence-electron chi connectivity index (χ0n) is 8.82. The summed E-state index contributed by atoms with van der Waals surface area (Å²) in [6.45, 7) is 0. The molecule has 6 heteroatoms. The van der Waals surface area contributed by atoms with Crippen molar-refractivity contribution in [3.8, 4) is 11.3 Å². The first-order valence-corrected chi connectivity index (χ1v) is 5.96. The highest BCUT2D eigenvalue weighted by Gasteiger charge is 2.12. The summed E-state index contributed by atoms with van der Waals surface area (Å²) in [5.74, 6) is -1.04. The quantitative estimate of drug-likeness (QED) is 0.836. The van der Waals surface area contributed by atoms with E-state index in [2.05, 4.69) is 4.98 Å². The predicted molar refractivity (Wildman–Crippen MR) is 71.7 cm³/mol. The van der Waals surface area contributed by atoms with Crippen molar-refractivity contribution in [3.05, 3.63) is 51.1 Å². The molecule has 0 radical (unpaired) electrons. The Balaban J connectivity index is 2.62. The van der Waals surface area contributed by atoms with Crippen LogP contribution in [0.25, 0.3) is 11.3 Å². The second-order valence-corrected chi connectivity index (χ2v) is 4.71. The fourth-order valence-corrected chi connectivity index (χ4v) is 2.15. The number of halogens is 3. The number of aromatic carboxylic acids is 1. The maximum absolute atomic E-state index is 10.9. The lowest BCUT2D eigenvalue weighted by Crippen LogP contribution is -1.97. The van der Waals surface area contributed by atoms with E-state index < -0.39 is 5.97 Å². The molecule has 0 bridgehead atoms. The van der Waals surface area contributed by atoms with Crippen LogP contribution in [0.2, 0.25) is 15.1 Å². The van der Waals surface area contributed by atoms with Crippen molar-refractivity contribution >= 4 is 40.8 Å². The van der Waals surface area contributed by atoms with Crippen LogP contribution in [0.15, 0.2) is 30.5 Å². The van der Waals surface area contributed by atoms with Gasteiger partial charge in [-0.2, -0.15) is 0 Å². The van der Waals surface area contributed by atoms with E-state index >= 15 is 0 Å². The molecule has 0 unspecified atom stereocenters. The van der Waals surface area contributed by atoms with Crippen LogP contribution in [0, 0.1) is 0 Å². The van der Waals surface area contributed by atoms with Gasteiger partial charge in [0.25, 0.3) is 0 Å². The number of carbonyl (C=O) groups is 1. The van der Waals surface area contributed by atoms with Crippen molar-refractivity contribution in [2.45, 2.75) is 0 Å². The first-order valence-electron chi connectivity index (χ1n) is 4.83. The molecule has 0 fully saturated rings. The molecule has 0 aliphatic carbocycles. The first kappa shape index (κ1) is 13.1. The number of rotatable bonds is 2. The molecule has 2 aromatic rings. The maximum atomic E-state index is 10.9. The molecular formula is C12H6Cl3NO2. The molecule has 0 atom stereocenters. The molecule has 2 rings (SSSR count). The van der Waals surface area contributed by atoms with Crippen LogP contribution in [0.4, 0.5) is 0 Å². The summed E-state index contributed by atoms with van der Waals surface area (Å²) in [7, 11) is 0. The average Bonchev–Trinajstić information content (AvgIpc) is 2.34. The zero-order chi connectivity index (χ0) is 13.3. The van der Waals surface area contributed by atoms with Gasteiger partial charge in [0.1, 0.15) is 0 Å². The normalized spacial score (nSPS) is 10.4. The van der Waals surface area contributed by atoms with Crippen LogP contribution < -0.4 is 0 Å². The Bertz CT molecular complexity index is 629. The fourth-order valence-electron chi connectivity index (χ4n) is 1.45. The highest BCUT2D eigenvalue weighted by molar-refractivity contribution is 6.45. The minimum atomic E-state index is -1.04. The van der Waals surface area contributed by atoms with E-state index in [-0.39, 0.29) is 10.6 Å². The molecule has 0 spiro atoms. The maximum Gasteiger partial charge on any atom is 0.335 e. The molecule has 1 heterocycles. The van der Waals surface area contributed by atoms with Gasteiger partial charge in [-0.25, -0.2) is 4.79 Å². The van der Waals surface area contributed by atoms with E-state index in [1.807, 2.05) is 0 Å². The second kappa shape index (κ2) is 5.14. The van der Waals surface area contributed by atoms with Crippen molar-refractivity contribution in [1.29, 1.82) is 0 Å². The standard InChI is InChI=1S/C12H6Cl3NO2/c13-7-4-8(11(15)9(14)5-7)10-3-6(12(17)18)1-2-16-10/h1-5H,(H,17,18). The Morgan fingerprint density at radius 3 is 2.56 bits per heavy atom. The van der Waals surface area contributed by atoms with Gasteiger partial charge in [0.2, 0.25) is 0 Å². The van der Waals surface area contributed by atoms with Gasteiger partial charge in [-0.05, 0) is 24.3 Å². The van der Waals surface area contributed by atoms with Crippen molar-refractivity contribution in [2.75, 3.05) is 0 Å². The Labute approximate surface area is 118 Å². The highest BCUT2D eigenvalue weighted by atomic mass is 35.5. The number of aromatic nitrogens is 1. The Morgan fingerprint density at radius 2 is 1.89 bits per heavy atom. The molecule has 18 heavy (non-hydrogen) atoms. The van der Waals surface area contributed by atoms with Crippen LogP contribution in [0.5, 0.6) is 0 Å². The molecule has 1 N–H and O–H groups in total. The van der Waals surface area contributed by atoms with E-state index in [0.29, 0.717) is 21.3 Å². The van der Waals surface area contributed by atoms with Crippen LogP contribution in [0.1, 0.15) is 10.4 Å². The van der Waals surface area contributed by atoms with Crippen LogP contribution >= 0.6 is 34.8 Å². The summed E-state index contributed by atoms with van der Waals surface area (Å²) in [6, 6.07) is 5.90. The summed E-state index contributed by atoms with van der Waals surface area (Å²) < 4.78 is 0. The third-order valence-electron chi connectivity index (χ3n) is 2.28. The molecule has 0 amide bonds. The summed E-state index contributed by atoms with van der Waals surface area (Å²) in [5, 5.41) is 9.91. The third kappa shape index (κ3) is 2.58. The Hall–Kier alpha value is -1.29.